The molecule has 3 N–H and O–H groups in total. The van der Waals surface area contributed by atoms with E-state index in [9.17, 15) is 0 Å². The first-order chi connectivity index (χ1) is 8.79. The topological polar surface area (TPSA) is 65.7 Å². The lowest BCUT2D eigenvalue weighted by atomic mass is 9.70. The van der Waals surface area contributed by atoms with Crippen molar-refractivity contribution in [3.05, 3.63) is 0 Å². The van der Waals surface area contributed by atoms with Gasteiger partial charge >= 0.3 is 0 Å². The van der Waals surface area contributed by atoms with Gasteiger partial charge in [-0.25, -0.2) is 0 Å². The molecule has 1 spiro atoms. The van der Waals surface area contributed by atoms with Crippen molar-refractivity contribution < 1.29 is 14.2 Å². The van der Waals surface area contributed by atoms with E-state index >= 15 is 0 Å². The molecule has 1 saturated heterocycles. The quantitative estimate of drug-likeness (QED) is 0.402. The summed E-state index contributed by atoms with van der Waals surface area (Å²) in [6.07, 6.45) is 5.92. The molecule has 0 aromatic heterocycles. The summed E-state index contributed by atoms with van der Waals surface area (Å²) in [5, 5.41) is 0. The first-order valence-electron chi connectivity index (χ1n) is 6.96. The molecule has 106 valence electrons. The van der Waals surface area contributed by atoms with Crippen LogP contribution in [0.3, 0.4) is 0 Å². The molecule has 1 saturated carbocycles. The molecule has 2 fully saturated rings. The Balaban J connectivity index is 1.76. The predicted octanol–water partition coefficient (Wildman–Crippen LogP) is 0.831. The highest BCUT2D eigenvalue weighted by Crippen LogP contribution is 2.44. The number of ether oxygens (including phenoxy) is 3. The van der Waals surface area contributed by atoms with E-state index in [4.69, 9.17) is 20.1 Å². The van der Waals surface area contributed by atoms with Crippen LogP contribution in [0.4, 0.5) is 0 Å². The van der Waals surface area contributed by atoms with Gasteiger partial charge in [0.15, 0.2) is 0 Å². The standard InChI is InChI=1S/C13H26N2O3/c1-16-7-8-17-10-12(15-14)11-3-6-18-13(9-11)4-2-5-13/h11-12,15H,2-10,14H2,1H3. The van der Waals surface area contributed by atoms with Crippen molar-refractivity contribution in [2.24, 2.45) is 11.8 Å². The number of hydrogen-bond donors (Lipinski definition) is 2. The first kappa shape index (κ1) is 14.2. The summed E-state index contributed by atoms with van der Waals surface area (Å²) in [6, 6.07) is 0.225. The van der Waals surface area contributed by atoms with Crippen molar-refractivity contribution in [2.45, 2.75) is 43.7 Å². The van der Waals surface area contributed by atoms with Crippen LogP contribution in [0.2, 0.25) is 0 Å². The second kappa shape index (κ2) is 6.82. The van der Waals surface area contributed by atoms with Crippen molar-refractivity contribution in [1.29, 1.82) is 0 Å². The number of nitrogens with two attached hydrogens (primary N) is 1. The van der Waals surface area contributed by atoms with Crippen LogP contribution in [0.15, 0.2) is 0 Å². The van der Waals surface area contributed by atoms with E-state index in [1.807, 2.05) is 0 Å². The molecule has 2 rings (SSSR count). The van der Waals surface area contributed by atoms with Gasteiger partial charge in [0.05, 0.1) is 25.4 Å². The van der Waals surface area contributed by atoms with Gasteiger partial charge < -0.3 is 14.2 Å². The molecule has 5 nitrogen and oxygen atoms in total. The smallest absolute Gasteiger partial charge is 0.0701 e. The fourth-order valence-corrected chi connectivity index (χ4v) is 3.00. The molecule has 0 aromatic rings. The molecular weight excluding hydrogens is 232 g/mol. The monoisotopic (exact) mass is 258 g/mol. The van der Waals surface area contributed by atoms with Gasteiger partial charge in [-0.2, -0.15) is 0 Å². The second-order valence-corrected chi connectivity index (χ2v) is 5.48. The maximum Gasteiger partial charge on any atom is 0.0701 e. The molecule has 1 aliphatic heterocycles. The molecule has 0 radical (unpaired) electrons. The lowest BCUT2D eigenvalue weighted by Gasteiger charge is -2.48. The average Bonchev–Trinajstić information content (AvgIpc) is 2.37. The normalized spacial score (nSPS) is 28.0. The zero-order valence-corrected chi connectivity index (χ0v) is 11.3. The van der Waals surface area contributed by atoms with Crippen LogP contribution in [0.1, 0.15) is 32.1 Å². The van der Waals surface area contributed by atoms with Gasteiger partial charge in [0.1, 0.15) is 0 Å². The number of hydrogen-bond acceptors (Lipinski definition) is 5. The van der Waals surface area contributed by atoms with E-state index < -0.39 is 0 Å². The molecule has 0 amide bonds. The van der Waals surface area contributed by atoms with Gasteiger partial charge in [0, 0.05) is 19.8 Å². The fourth-order valence-electron chi connectivity index (χ4n) is 3.00. The second-order valence-electron chi connectivity index (χ2n) is 5.48. The van der Waals surface area contributed by atoms with Crippen LogP contribution in [-0.4, -0.2) is 45.2 Å². The molecule has 0 bridgehead atoms. The van der Waals surface area contributed by atoms with Crippen molar-refractivity contribution in [3.8, 4) is 0 Å². The van der Waals surface area contributed by atoms with E-state index in [0.717, 1.165) is 19.4 Å². The molecule has 5 heteroatoms. The molecule has 18 heavy (non-hydrogen) atoms. The Kier molecular flexibility index (Phi) is 5.38. The van der Waals surface area contributed by atoms with E-state index in [0.29, 0.717) is 25.7 Å². The van der Waals surface area contributed by atoms with Crippen LogP contribution in [0, 0.1) is 5.92 Å². The molecule has 2 atom stereocenters. The highest BCUT2D eigenvalue weighted by atomic mass is 16.5. The third kappa shape index (κ3) is 3.42. The Morgan fingerprint density at radius 1 is 1.44 bits per heavy atom. The summed E-state index contributed by atoms with van der Waals surface area (Å²) in [5.74, 6) is 6.23. The Hall–Kier alpha value is -0.200. The molecule has 2 unspecified atom stereocenters. The Labute approximate surface area is 109 Å². The van der Waals surface area contributed by atoms with Crippen molar-refractivity contribution in [3.63, 3.8) is 0 Å². The van der Waals surface area contributed by atoms with Crippen molar-refractivity contribution in [1.82, 2.24) is 5.43 Å². The largest absolute Gasteiger partial charge is 0.382 e. The predicted molar refractivity (Wildman–Crippen MR) is 69.1 cm³/mol. The fraction of sp³-hybridized carbons (Fsp3) is 1.00. The highest BCUT2D eigenvalue weighted by molar-refractivity contribution is 4.96. The molecular formula is C13H26N2O3. The number of hydrazine groups is 1. The van der Waals surface area contributed by atoms with Gasteiger partial charge in [0.25, 0.3) is 0 Å². The Morgan fingerprint density at radius 2 is 2.28 bits per heavy atom. The van der Waals surface area contributed by atoms with Crippen LogP contribution >= 0.6 is 0 Å². The van der Waals surface area contributed by atoms with Crippen LogP contribution in [0.5, 0.6) is 0 Å². The summed E-state index contributed by atoms with van der Waals surface area (Å²) in [5.41, 5.74) is 3.08. The minimum Gasteiger partial charge on any atom is -0.382 e. The number of rotatable bonds is 7. The summed E-state index contributed by atoms with van der Waals surface area (Å²) < 4.78 is 16.5. The van der Waals surface area contributed by atoms with Crippen LogP contribution in [-0.2, 0) is 14.2 Å². The highest BCUT2D eigenvalue weighted by Gasteiger charge is 2.44. The van der Waals surface area contributed by atoms with Crippen molar-refractivity contribution >= 4 is 0 Å². The first-order valence-corrected chi connectivity index (χ1v) is 6.96. The van der Waals surface area contributed by atoms with Crippen molar-refractivity contribution in [2.75, 3.05) is 33.5 Å². The van der Waals surface area contributed by atoms with Gasteiger partial charge in [-0.15, -0.1) is 0 Å². The molecule has 1 aliphatic carbocycles. The van der Waals surface area contributed by atoms with E-state index in [1.54, 1.807) is 7.11 Å². The Bertz CT molecular complexity index is 246. The summed E-state index contributed by atoms with van der Waals surface area (Å²) >= 11 is 0. The minimum atomic E-state index is 0.171. The van der Waals surface area contributed by atoms with Gasteiger partial charge in [-0.3, -0.25) is 11.3 Å². The zero-order valence-electron chi connectivity index (χ0n) is 11.3. The summed E-state index contributed by atoms with van der Waals surface area (Å²) in [4.78, 5) is 0. The van der Waals surface area contributed by atoms with Gasteiger partial charge in [-0.1, -0.05) is 0 Å². The molecule has 0 aromatic carbocycles. The zero-order chi connectivity index (χ0) is 12.8. The number of methoxy groups -OCH3 is 1. The van der Waals surface area contributed by atoms with Crippen LogP contribution in [0.25, 0.3) is 0 Å². The molecule has 2 aliphatic rings. The van der Waals surface area contributed by atoms with E-state index in [1.165, 1.54) is 19.3 Å². The van der Waals surface area contributed by atoms with E-state index in [2.05, 4.69) is 5.43 Å². The van der Waals surface area contributed by atoms with E-state index in [-0.39, 0.29) is 11.6 Å². The molecule has 1 heterocycles. The lowest BCUT2D eigenvalue weighted by Crippen LogP contribution is -2.52. The summed E-state index contributed by atoms with van der Waals surface area (Å²) in [6.45, 7) is 2.78. The third-order valence-electron chi connectivity index (χ3n) is 4.31. The third-order valence-corrected chi connectivity index (χ3v) is 4.31. The maximum absolute atomic E-state index is 5.94. The number of nitrogens with one attached hydrogen (secondary N) is 1. The SMILES string of the molecule is COCCOCC(NN)C1CCOC2(CCC2)C1. The van der Waals surface area contributed by atoms with Crippen LogP contribution < -0.4 is 11.3 Å². The van der Waals surface area contributed by atoms with Gasteiger partial charge in [0.2, 0.25) is 0 Å². The minimum absolute atomic E-state index is 0.171. The summed E-state index contributed by atoms with van der Waals surface area (Å²) in [7, 11) is 1.68. The maximum atomic E-state index is 5.94. The van der Waals surface area contributed by atoms with Gasteiger partial charge in [-0.05, 0) is 38.0 Å². The average molecular weight is 258 g/mol. The lowest BCUT2D eigenvalue weighted by molar-refractivity contribution is -0.149. The Morgan fingerprint density at radius 3 is 2.89 bits per heavy atom.